The van der Waals surface area contributed by atoms with Crippen molar-refractivity contribution in [2.75, 3.05) is 11.9 Å². The molecule has 2 aromatic rings. The van der Waals surface area contributed by atoms with Gasteiger partial charge in [-0.2, -0.15) is 5.26 Å². The largest absolute Gasteiger partial charge is 0.366 e. The number of hydrogen-bond acceptors (Lipinski definition) is 5. The molecule has 0 fully saturated rings. The van der Waals surface area contributed by atoms with E-state index in [1.165, 1.54) is 12.1 Å². The minimum absolute atomic E-state index is 0.167. The fourth-order valence-electron chi connectivity index (χ4n) is 2.26. The summed E-state index contributed by atoms with van der Waals surface area (Å²) in [6.45, 7) is 0.578. The Balaban J connectivity index is 1.74. The Morgan fingerprint density at radius 1 is 1.29 bits per heavy atom. The number of anilines is 1. The van der Waals surface area contributed by atoms with Crippen LogP contribution in [0, 0.1) is 28.9 Å². The Morgan fingerprint density at radius 2 is 2.17 bits per heavy atom. The minimum atomic E-state index is -0.614. The number of benzene rings is 1. The average Bonchev–Trinajstić information content (AvgIpc) is 2.61. The molecule has 120 valence electrons. The lowest BCUT2D eigenvalue weighted by atomic mass is 10.1. The van der Waals surface area contributed by atoms with E-state index in [0.717, 1.165) is 11.6 Å². The van der Waals surface area contributed by atoms with Crippen LogP contribution in [0.2, 0.25) is 0 Å². The van der Waals surface area contributed by atoms with E-state index in [-0.39, 0.29) is 12.5 Å². The van der Waals surface area contributed by atoms with Gasteiger partial charge in [-0.15, -0.1) is 0 Å². The minimum Gasteiger partial charge on any atom is -0.366 e. The third kappa shape index (κ3) is 3.60. The maximum absolute atomic E-state index is 13.6. The van der Waals surface area contributed by atoms with Crippen molar-refractivity contribution in [3.8, 4) is 6.07 Å². The molecule has 0 radical (unpaired) electrons. The van der Waals surface area contributed by atoms with Gasteiger partial charge in [-0.3, -0.25) is 4.99 Å². The maximum Gasteiger partial charge on any atom is 0.159 e. The van der Waals surface area contributed by atoms with Crippen LogP contribution in [-0.4, -0.2) is 22.7 Å². The molecule has 1 aliphatic heterocycles. The molecule has 24 heavy (non-hydrogen) atoms. The number of dihydropyridines is 1. The fourth-order valence-corrected chi connectivity index (χ4v) is 2.26. The monoisotopic (exact) mass is 325 g/mol. The van der Waals surface area contributed by atoms with Crippen LogP contribution in [-0.2, 0) is 6.54 Å². The van der Waals surface area contributed by atoms with Gasteiger partial charge in [-0.05, 0) is 12.1 Å². The number of nitrogens with zero attached hydrogens (tertiary/aromatic N) is 4. The molecule has 7 heteroatoms. The predicted octanol–water partition coefficient (Wildman–Crippen LogP) is 2.97. The van der Waals surface area contributed by atoms with Crippen molar-refractivity contribution >= 4 is 17.6 Å². The second-order valence-corrected chi connectivity index (χ2v) is 5.19. The molecule has 0 aliphatic carbocycles. The van der Waals surface area contributed by atoms with Crippen molar-refractivity contribution in [2.45, 2.75) is 6.54 Å². The molecule has 1 atom stereocenters. The summed E-state index contributed by atoms with van der Waals surface area (Å²) in [7, 11) is 0. The van der Waals surface area contributed by atoms with Crippen molar-refractivity contribution in [2.24, 2.45) is 10.9 Å². The first-order valence-corrected chi connectivity index (χ1v) is 7.27. The van der Waals surface area contributed by atoms with E-state index in [9.17, 15) is 8.78 Å². The Kier molecular flexibility index (Phi) is 4.57. The van der Waals surface area contributed by atoms with Crippen LogP contribution in [0.3, 0.4) is 0 Å². The zero-order valence-electron chi connectivity index (χ0n) is 12.6. The molecule has 1 aliphatic rings. The summed E-state index contributed by atoms with van der Waals surface area (Å²) in [5.74, 6) is -0.637. The molecular weight excluding hydrogens is 312 g/mol. The number of hydrogen-bond donors (Lipinski definition) is 1. The third-order valence-corrected chi connectivity index (χ3v) is 3.48. The molecule has 3 rings (SSSR count). The van der Waals surface area contributed by atoms with E-state index in [0.29, 0.717) is 23.8 Å². The lowest BCUT2D eigenvalue weighted by Gasteiger charge is -2.11. The van der Waals surface area contributed by atoms with Crippen LogP contribution < -0.4 is 5.32 Å². The van der Waals surface area contributed by atoms with E-state index in [1.807, 2.05) is 0 Å². The van der Waals surface area contributed by atoms with Gasteiger partial charge in [-0.25, -0.2) is 18.7 Å². The molecule has 0 bridgehead atoms. The predicted molar refractivity (Wildman–Crippen MR) is 86.2 cm³/mol. The van der Waals surface area contributed by atoms with Crippen LogP contribution in [0.25, 0.3) is 5.57 Å². The fraction of sp³-hybridized carbons (Fsp3) is 0.176. The lowest BCUT2D eigenvalue weighted by Crippen LogP contribution is -2.09. The quantitative estimate of drug-likeness (QED) is 0.938. The van der Waals surface area contributed by atoms with Gasteiger partial charge in [-0.1, -0.05) is 12.1 Å². The summed E-state index contributed by atoms with van der Waals surface area (Å²) in [5, 5.41) is 11.9. The summed E-state index contributed by atoms with van der Waals surface area (Å²) < 4.78 is 26.5. The van der Waals surface area contributed by atoms with Crippen molar-refractivity contribution in [3.63, 3.8) is 0 Å². The molecule has 5 nitrogen and oxygen atoms in total. The van der Waals surface area contributed by atoms with E-state index in [1.54, 1.807) is 24.6 Å². The summed E-state index contributed by atoms with van der Waals surface area (Å²) in [6, 6.07) is 7.19. The van der Waals surface area contributed by atoms with Gasteiger partial charge in [0, 0.05) is 36.2 Å². The van der Waals surface area contributed by atoms with E-state index >= 15 is 0 Å². The Bertz CT molecular complexity index is 854. The number of halogens is 2. The number of nitrogens with one attached hydrogen (secondary N) is 1. The number of nitriles is 1. The highest BCUT2D eigenvalue weighted by molar-refractivity contribution is 5.77. The SMILES string of the molecule is N#CC1C=NCC(c2nccc(NCc3ccc(F)cc3F)n2)=C1. The molecule has 0 spiro atoms. The zero-order chi connectivity index (χ0) is 16.9. The van der Waals surface area contributed by atoms with E-state index < -0.39 is 11.6 Å². The molecule has 0 saturated carbocycles. The first kappa shape index (κ1) is 15.7. The molecule has 2 heterocycles. The molecule has 0 saturated heterocycles. The van der Waals surface area contributed by atoms with Crippen molar-refractivity contribution < 1.29 is 8.78 Å². The van der Waals surface area contributed by atoms with Crippen LogP contribution in [0.4, 0.5) is 14.6 Å². The number of aliphatic imine (C=N–C) groups is 1. The summed E-state index contributed by atoms with van der Waals surface area (Å²) in [4.78, 5) is 12.7. The molecule has 0 amide bonds. The molecule has 1 unspecified atom stereocenters. The molecule has 1 aromatic carbocycles. The number of aromatic nitrogens is 2. The second kappa shape index (κ2) is 6.96. The van der Waals surface area contributed by atoms with Crippen molar-refractivity contribution in [1.29, 1.82) is 5.26 Å². The van der Waals surface area contributed by atoms with Crippen LogP contribution in [0.5, 0.6) is 0 Å². The Morgan fingerprint density at radius 3 is 2.96 bits per heavy atom. The molecule has 1 aromatic heterocycles. The molecular formula is C17H13F2N5. The number of allylic oxidation sites excluding steroid dienone is 1. The Hall–Kier alpha value is -3.14. The smallest absolute Gasteiger partial charge is 0.159 e. The summed E-state index contributed by atoms with van der Waals surface area (Å²) >= 11 is 0. The van der Waals surface area contributed by atoms with Crippen LogP contribution in [0.15, 0.2) is 41.5 Å². The summed E-state index contributed by atoms with van der Waals surface area (Å²) in [6.07, 6.45) is 4.93. The van der Waals surface area contributed by atoms with Gasteiger partial charge in [0.15, 0.2) is 5.82 Å². The van der Waals surface area contributed by atoms with Gasteiger partial charge < -0.3 is 5.32 Å². The normalized spacial score (nSPS) is 16.4. The first-order valence-electron chi connectivity index (χ1n) is 7.27. The highest BCUT2D eigenvalue weighted by atomic mass is 19.1. The van der Waals surface area contributed by atoms with Crippen molar-refractivity contribution in [3.05, 3.63) is 59.6 Å². The number of rotatable bonds is 4. The van der Waals surface area contributed by atoms with E-state index in [2.05, 4.69) is 26.3 Å². The first-order chi connectivity index (χ1) is 11.7. The van der Waals surface area contributed by atoms with Gasteiger partial charge in [0.25, 0.3) is 0 Å². The average molecular weight is 325 g/mol. The zero-order valence-corrected chi connectivity index (χ0v) is 12.6. The highest BCUT2D eigenvalue weighted by Gasteiger charge is 2.13. The van der Waals surface area contributed by atoms with Crippen molar-refractivity contribution in [1.82, 2.24) is 9.97 Å². The second-order valence-electron chi connectivity index (χ2n) is 5.19. The third-order valence-electron chi connectivity index (χ3n) is 3.48. The maximum atomic E-state index is 13.6. The van der Waals surface area contributed by atoms with Gasteiger partial charge >= 0.3 is 0 Å². The molecule has 1 N–H and O–H groups in total. The van der Waals surface area contributed by atoms with E-state index in [4.69, 9.17) is 5.26 Å². The standard InChI is InChI=1S/C17H13F2N5/c18-14-2-1-12(15(19)6-14)10-23-16-3-4-22-17(24-16)13-5-11(7-20)8-21-9-13/h1-6,8,11H,9-10H2,(H,22,23,24). The lowest BCUT2D eigenvalue weighted by molar-refractivity contribution is 0.574. The summed E-state index contributed by atoms with van der Waals surface area (Å²) in [5.41, 5.74) is 1.10. The van der Waals surface area contributed by atoms with Gasteiger partial charge in [0.05, 0.1) is 18.5 Å². The Labute approximate surface area is 137 Å². The highest BCUT2D eigenvalue weighted by Crippen LogP contribution is 2.18. The van der Waals surface area contributed by atoms with Crippen LogP contribution in [0.1, 0.15) is 11.4 Å². The van der Waals surface area contributed by atoms with Gasteiger partial charge in [0.2, 0.25) is 0 Å². The topological polar surface area (TPSA) is 74.0 Å². The van der Waals surface area contributed by atoms with Gasteiger partial charge in [0.1, 0.15) is 17.5 Å². The van der Waals surface area contributed by atoms with Crippen LogP contribution >= 0.6 is 0 Å².